The van der Waals surface area contributed by atoms with Crippen LogP contribution in [0.1, 0.15) is 18.7 Å². The van der Waals surface area contributed by atoms with Crippen molar-refractivity contribution in [3.8, 4) is 5.75 Å². The lowest BCUT2D eigenvalue weighted by Crippen LogP contribution is -2.48. The zero-order chi connectivity index (χ0) is 20.8. The third kappa shape index (κ3) is 5.08. The Morgan fingerprint density at radius 3 is 2.73 bits per heavy atom. The lowest BCUT2D eigenvalue weighted by atomic mass is 10.2. The molecule has 30 heavy (non-hydrogen) atoms. The number of halogens is 1. The monoisotopic (exact) mass is 419 g/mol. The number of hydrogen-bond donors (Lipinski definition) is 0. The molecule has 0 aliphatic carbocycles. The van der Waals surface area contributed by atoms with Gasteiger partial charge >= 0.3 is 0 Å². The van der Waals surface area contributed by atoms with E-state index in [0.29, 0.717) is 12.4 Å². The molecule has 2 saturated heterocycles. The van der Waals surface area contributed by atoms with E-state index < -0.39 is 0 Å². The van der Waals surface area contributed by atoms with Crippen LogP contribution < -0.4 is 9.64 Å². The number of nitrogens with zero attached hydrogens (tertiary/aromatic N) is 5. The van der Waals surface area contributed by atoms with Crippen molar-refractivity contribution in [2.75, 3.05) is 57.9 Å². The highest BCUT2D eigenvalue weighted by Gasteiger charge is 2.26. The summed E-state index contributed by atoms with van der Waals surface area (Å²) in [5, 5.41) is 8.85. The van der Waals surface area contributed by atoms with Crippen LogP contribution in [0.15, 0.2) is 24.3 Å². The molecule has 2 fully saturated rings. The van der Waals surface area contributed by atoms with Crippen molar-refractivity contribution in [1.82, 2.24) is 19.7 Å². The van der Waals surface area contributed by atoms with Crippen LogP contribution in [0.25, 0.3) is 0 Å². The maximum absolute atomic E-state index is 13.9. The van der Waals surface area contributed by atoms with Gasteiger partial charge in [0.2, 0.25) is 5.95 Å². The first-order valence-electron chi connectivity index (χ1n) is 10.6. The fraction of sp³-hybridized carbons (Fsp3) is 0.619. The first kappa shape index (κ1) is 21.0. The third-order valence-electron chi connectivity index (χ3n) is 5.68. The molecule has 2 aliphatic heterocycles. The number of aromatic nitrogens is 3. The van der Waals surface area contributed by atoms with Crippen molar-refractivity contribution in [3.63, 3.8) is 0 Å². The van der Waals surface area contributed by atoms with E-state index >= 15 is 0 Å². The van der Waals surface area contributed by atoms with E-state index in [1.807, 2.05) is 0 Å². The van der Waals surface area contributed by atoms with Crippen molar-refractivity contribution in [2.45, 2.75) is 32.1 Å². The van der Waals surface area contributed by atoms with Crippen LogP contribution in [0.3, 0.4) is 0 Å². The van der Waals surface area contributed by atoms with E-state index in [0.717, 1.165) is 64.7 Å². The molecule has 8 nitrogen and oxygen atoms in total. The topological polar surface area (TPSA) is 64.9 Å². The summed E-state index contributed by atoms with van der Waals surface area (Å²) in [5.74, 6) is 1.36. The van der Waals surface area contributed by atoms with Gasteiger partial charge in [-0.3, -0.25) is 9.47 Å². The molecule has 4 rings (SSSR count). The maximum atomic E-state index is 13.9. The Morgan fingerprint density at radius 1 is 1.17 bits per heavy atom. The average molecular weight is 420 g/mol. The van der Waals surface area contributed by atoms with Gasteiger partial charge in [0.15, 0.2) is 17.4 Å². The third-order valence-corrected chi connectivity index (χ3v) is 5.68. The number of ether oxygens (including phenoxy) is 3. The van der Waals surface area contributed by atoms with Crippen LogP contribution in [0.2, 0.25) is 0 Å². The molecule has 2 aliphatic rings. The van der Waals surface area contributed by atoms with Crippen molar-refractivity contribution < 1.29 is 18.6 Å². The van der Waals surface area contributed by atoms with Gasteiger partial charge in [-0.2, -0.15) is 0 Å². The standard InChI is InChI=1S/C21H30FN5O3/c1-28-14-12-25-8-10-26(11-9-25)21-24-23-20(27(21)15-17-5-4-13-29-17)16-30-19-7-3-2-6-18(19)22/h2-3,6-7,17H,4-5,8-16H2,1H3/t17-/m1/s1. The zero-order valence-electron chi connectivity index (χ0n) is 17.5. The van der Waals surface area contributed by atoms with E-state index in [9.17, 15) is 4.39 Å². The molecule has 1 aromatic carbocycles. The molecule has 1 aromatic heterocycles. The second-order valence-electron chi connectivity index (χ2n) is 7.70. The van der Waals surface area contributed by atoms with E-state index in [4.69, 9.17) is 14.2 Å². The van der Waals surface area contributed by atoms with Gasteiger partial charge in [0.1, 0.15) is 6.61 Å². The Hall–Kier alpha value is -2.23. The minimum atomic E-state index is -0.380. The summed E-state index contributed by atoms with van der Waals surface area (Å²) in [6, 6.07) is 6.41. The van der Waals surface area contributed by atoms with E-state index in [1.54, 1.807) is 25.3 Å². The number of piperazine rings is 1. The lowest BCUT2D eigenvalue weighted by molar-refractivity contribution is 0.0952. The van der Waals surface area contributed by atoms with Gasteiger partial charge in [-0.15, -0.1) is 10.2 Å². The van der Waals surface area contributed by atoms with Gasteiger partial charge < -0.3 is 19.1 Å². The molecule has 0 spiro atoms. The maximum Gasteiger partial charge on any atom is 0.227 e. The highest BCUT2D eigenvalue weighted by Crippen LogP contribution is 2.23. The van der Waals surface area contributed by atoms with Crippen LogP contribution >= 0.6 is 0 Å². The number of anilines is 1. The van der Waals surface area contributed by atoms with Gasteiger partial charge in [0.05, 0.1) is 19.3 Å². The molecular weight excluding hydrogens is 389 g/mol. The highest BCUT2D eigenvalue weighted by atomic mass is 19.1. The fourth-order valence-electron chi connectivity index (χ4n) is 3.94. The molecule has 0 bridgehead atoms. The fourth-order valence-corrected chi connectivity index (χ4v) is 3.94. The van der Waals surface area contributed by atoms with Gasteiger partial charge in [0, 0.05) is 46.4 Å². The molecule has 3 heterocycles. The Balaban J connectivity index is 1.47. The van der Waals surface area contributed by atoms with Gasteiger partial charge in [-0.05, 0) is 25.0 Å². The van der Waals surface area contributed by atoms with E-state index in [1.165, 1.54) is 6.07 Å². The van der Waals surface area contributed by atoms with E-state index in [-0.39, 0.29) is 24.3 Å². The van der Waals surface area contributed by atoms with Crippen LogP contribution in [0.4, 0.5) is 10.3 Å². The summed E-state index contributed by atoms with van der Waals surface area (Å²) in [7, 11) is 1.73. The van der Waals surface area contributed by atoms with Crippen molar-refractivity contribution in [1.29, 1.82) is 0 Å². The minimum absolute atomic E-state index is 0.148. The number of para-hydroxylation sites is 1. The molecular formula is C21H30FN5O3. The summed E-state index contributed by atoms with van der Waals surface area (Å²) in [5.41, 5.74) is 0. The summed E-state index contributed by atoms with van der Waals surface area (Å²) in [6.07, 6.45) is 2.24. The average Bonchev–Trinajstić information content (AvgIpc) is 3.43. The number of benzene rings is 1. The van der Waals surface area contributed by atoms with Crippen molar-refractivity contribution >= 4 is 5.95 Å². The summed E-state index contributed by atoms with van der Waals surface area (Å²) < 4.78 is 32.8. The summed E-state index contributed by atoms with van der Waals surface area (Å²) >= 11 is 0. The molecule has 0 radical (unpaired) electrons. The quantitative estimate of drug-likeness (QED) is 0.616. The molecule has 9 heteroatoms. The normalized spacial score (nSPS) is 20.1. The first-order valence-corrected chi connectivity index (χ1v) is 10.6. The van der Waals surface area contributed by atoms with Crippen LogP contribution in [-0.2, 0) is 22.6 Å². The molecule has 1 atom stereocenters. The first-order chi connectivity index (χ1) is 14.7. The second kappa shape index (κ2) is 10.2. The van der Waals surface area contributed by atoms with Gasteiger partial charge in [0.25, 0.3) is 0 Å². The molecule has 2 aromatic rings. The van der Waals surface area contributed by atoms with Gasteiger partial charge in [-0.25, -0.2) is 4.39 Å². The Morgan fingerprint density at radius 2 is 2.00 bits per heavy atom. The molecule has 164 valence electrons. The minimum Gasteiger partial charge on any atom is -0.483 e. The highest BCUT2D eigenvalue weighted by molar-refractivity contribution is 5.32. The zero-order valence-corrected chi connectivity index (χ0v) is 17.5. The van der Waals surface area contributed by atoms with Gasteiger partial charge in [-0.1, -0.05) is 12.1 Å². The Bertz CT molecular complexity index is 804. The predicted octanol–water partition coefficient (Wildman–Crippen LogP) is 1.94. The molecule has 0 amide bonds. The Labute approximate surface area is 176 Å². The summed E-state index contributed by atoms with van der Waals surface area (Å²) in [6.45, 7) is 6.98. The lowest BCUT2D eigenvalue weighted by Gasteiger charge is -2.35. The summed E-state index contributed by atoms with van der Waals surface area (Å²) in [4.78, 5) is 4.65. The molecule has 0 saturated carbocycles. The smallest absolute Gasteiger partial charge is 0.227 e. The number of rotatable bonds is 9. The van der Waals surface area contributed by atoms with Crippen LogP contribution in [0, 0.1) is 5.82 Å². The predicted molar refractivity (Wildman–Crippen MR) is 110 cm³/mol. The largest absolute Gasteiger partial charge is 0.483 e. The van der Waals surface area contributed by atoms with E-state index in [2.05, 4.69) is 24.6 Å². The molecule has 0 unspecified atom stereocenters. The molecule has 0 N–H and O–H groups in total. The Kier molecular flexibility index (Phi) is 7.14. The van der Waals surface area contributed by atoms with Crippen LogP contribution in [-0.4, -0.2) is 78.8 Å². The SMILES string of the molecule is COCCN1CCN(c2nnc(COc3ccccc3F)n2C[C@H]2CCCO2)CC1. The van der Waals surface area contributed by atoms with Crippen molar-refractivity contribution in [2.24, 2.45) is 0 Å². The van der Waals surface area contributed by atoms with Crippen molar-refractivity contribution in [3.05, 3.63) is 35.9 Å². The van der Waals surface area contributed by atoms with Crippen LogP contribution in [0.5, 0.6) is 5.75 Å². The number of methoxy groups -OCH3 is 1. The second-order valence-corrected chi connectivity index (χ2v) is 7.70. The number of hydrogen-bond acceptors (Lipinski definition) is 7.